The van der Waals surface area contributed by atoms with Gasteiger partial charge in [-0.05, 0) is 70.6 Å². The van der Waals surface area contributed by atoms with Gasteiger partial charge in [-0.2, -0.15) is 0 Å². The van der Waals surface area contributed by atoms with Crippen LogP contribution >= 0.6 is 27.5 Å². The lowest BCUT2D eigenvalue weighted by Crippen LogP contribution is -2.29. The van der Waals surface area contributed by atoms with Crippen molar-refractivity contribution >= 4 is 27.5 Å². The van der Waals surface area contributed by atoms with Gasteiger partial charge in [-0.1, -0.05) is 31.7 Å². The topological polar surface area (TPSA) is 9.23 Å². The van der Waals surface area contributed by atoms with Crippen molar-refractivity contribution < 1.29 is 4.74 Å². The first-order valence-corrected chi connectivity index (χ1v) is 9.39. The van der Waals surface area contributed by atoms with Crippen LogP contribution in [-0.2, 0) is 0 Å². The third kappa shape index (κ3) is 3.42. The molecule has 0 spiro atoms. The Bertz CT molecular complexity index is 490. The number of fused-ring (bicyclic) bond motifs is 1. The van der Waals surface area contributed by atoms with Crippen molar-refractivity contribution in [3.8, 4) is 5.75 Å². The van der Waals surface area contributed by atoms with Gasteiger partial charge in [0.1, 0.15) is 5.75 Å². The van der Waals surface area contributed by atoms with Crippen LogP contribution < -0.4 is 4.74 Å². The van der Waals surface area contributed by atoms with Crippen molar-refractivity contribution in [1.82, 2.24) is 0 Å². The molecule has 1 aromatic rings. The van der Waals surface area contributed by atoms with Crippen LogP contribution in [0.5, 0.6) is 5.75 Å². The fourth-order valence-electron chi connectivity index (χ4n) is 4.30. The summed E-state index contributed by atoms with van der Waals surface area (Å²) in [5.74, 6) is 3.42. The van der Waals surface area contributed by atoms with E-state index in [0.29, 0.717) is 5.92 Å². The molecule has 2 aliphatic carbocycles. The summed E-state index contributed by atoms with van der Waals surface area (Å²) in [5, 5.41) is 0.134. The molecule has 116 valence electrons. The Labute approximate surface area is 141 Å². The van der Waals surface area contributed by atoms with Crippen LogP contribution in [0.15, 0.2) is 22.7 Å². The molecule has 2 saturated carbocycles. The first kappa shape index (κ1) is 15.7. The molecule has 2 aliphatic rings. The SMILES string of the molecule is COc1ccc(C(Cl)C2CCC3CCCCC3C2)cc1Br. The van der Waals surface area contributed by atoms with E-state index in [-0.39, 0.29) is 5.38 Å². The second-order valence-corrected chi connectivity index (χ2v) is 8.00. The third-order valence-corrected chi connectivity index (χ3v) is 6.72. The van der Waals surface area contributed by atoms with Crippen LogP contribution in [0.1, 0.15) is 55.9 Å². The average Bonchev–Trinajstić information content (AvgIpc) is 2.53. The molecule has 0 amide bonds. The molecule has 21 heavy (non-hydrogen) atoms. The van der Waals surface area contributed by atoms with E-state index in [1.807, 2.05) is 6.07 Å². The van der Waals surface area contributed by atoms with Gasteiger partial charge >= 0.3 is 0 Å². The number of hydrogen-bond acceptors (Lipinski definition) is 1. The molecule has 0 saturated heterocycles. The summed E-state index contributed by atoms with van der Waals surface area (Å²) >= 11 is 10.4. The summed E-state index contributed by atoms with van der Waals surface area (Å²) in [7, 11) is 1.70. The van der Waals surface area contributed by atoms with Crippen molar-refractivity contribution in [3.63, 3.8) is 0 Å². The fraction of sp³-hybridized carbons (Fsp3) is 0.667. The van der Waals surface area contributed by atoms with Gasteiger partial charge in [-0.15, -0.1) is 11.6 Å². The largest absolute Gasteiger partial charge is 0.496 e. The second kappa shape index (κ2) is 6.91. The van der Waals surface area contributed by atoms with Crippen LogP contribution in [0, 0.1) is 17.8 Å². The zero-order chi connectivity index (χ0) is 14.8. The van der Waals surface area contributed by atoms with Crippen molar-refractivity contribution in [2.75, 3.05) is 7.11 Å². The quantitative estimate of drug-likeness (QED) is 0.563. The Morgan fingerprint density at radius 1 is 1.14 bits per heavy atom. The van der Waals surface area contributed by atoms with Crippen LogP contribution in [0.25, 0.3) is 0 Å². The van der Waals surface area contributed by atoms with Gasteiger partial charge in [0.05, 0.1) is 17.0 Å². The van der Waals surface area contributed by atoms with Gasteiger partial charge in [0.2, 0.25) is 0 Å². The first-order chi connectivity index (χ1) is 10.2. The first-order valence-electron chi connectivity index (χ1n) is 8.16. The molecule has 3 heteroatoms. The van der Waals surface area contributed by atoms with Crippen molar-refractivity contribution in [1.29, 1.82) is 0 Å². The van der Waals surface area contributed by atoms with Gasteiger partial charge in [0.15, 0.2) is 0 Å². The zero-order valence-corrected chi connectivity index (χ0v) is 15.0. The summed E-state index contributed by atoms with van der Waals surface area (Å²) in [6, 6.07) is 6.26. The van der Waals surface area contributed by atoms with E-state index in [0.717, 1.165) is 22.1 Å². The van der Waals surface area contributed by atoms with E-state index in [1.165, 1.54) is 50.5 Å². The molecule has 1 aromatic carbocycles. The molecule has 0 aromatic heterocycles. The lowest BCUT2D eigenvalue weighted by Gasteiger charge is -2.40. The second-order valence-electron chi connectivity index (χ2n) is 6.67. The number of alkyl halides is 1. The summed E-state index contributed by atoms with van der Waals surface area (Å²) < 4.78 is 6.31. The summed E-state index contributed by atoms with van der Waals surface area (Å²) in [5.41, 5.74) is 1.23. The molecule has 0 N–H and O–H groups in total. The molecule has 2 fully saturated rings. The van der Waals surface area contributed by atoms with Crippen molar-refractivity contribution in [2.24, 2.45) is 17.8 Å². The highest BCUT2D eigenvalue weighted by atomic mass is 79.9. The van der Waals surface area contributed by atoms with Crippen molar-refractivity contribution in [3.05, 3.63) is 28.2 Å². The molecule has 0 radical (unpaired) electrons. The summed E-state index contributed by atoms with van der Waals surface area (Å²) in [4.78, 5) is 0. The maximum atomic E-state index is 6.82. The number of rotatable bonds is 3. The maximum Gasteiger partial charge on any atom is 0.133 e. The minimum absolute atomic E-state index is 0.134. The van der Waals surface area contributed by atoms with Crippen LogP contribution in [-0.4, -0.2) is 7.11 Å². The van der Waals surface area contributed by atoms with Crippen LogP contribution in [0.4, 0.5) is 0 Å². The normalized spacial score (nSPS) is 30.5. The molecule has 0 aliphatic heterocycles. The number of ether oxygens (including phenoxy) is 1. The van der Waals surface area contributed by atoms with Gasteiger partial charge in [-0.3, -0.25) is 0 Å². The van der Waals surface area contributed by atoms with Gasteiger partial charge < -0.3 is 4.74 Å². The Hall–Kier alpha value is -0.210. The van der Waals surface area contributed by atoms with Crippen LogP contribution in [0.2, 0.25) is 0 Å². The lowest BCUT2D eigenvalue weighted by molar-refractivity contribution is 0.127. The van der Waals surface area contributed by atoms with E-state index >= 15 is 0 Å². The minimum Gasteiger partial charge on any atom is -0.496 e. The maximum absolute atomic E-state index is 6.82. The standard InChI is InChI=1S/C18H24BrClO/c1-21-17-9-8-15(11-16(17)19)18(20)14-7-6-12-4-2-3-5-13(12)10-14/h8-9,11-14,18H,2-7,10H2,1H3. The van der Waals surface area contributed by atoms with E-state index in [9.17, 15) is 0 Å². The molecule has 4 unspecified atom stereocenters. The number of methoxy groups -OCH3 is 1. The Kier molecular flexibility index (Phi) is 5.16. The predicted octanol–water partition coefficient (Wildman–Crippen LogP) is 6.34. The number of hydrogen-bond donors (Lipinski definition) is 0. The molecule has 3 rings (SSSR count). The highest BCUT2D eigenvalue weighted by molar-refractivity contribution is 9.10. The highest BCUT2D eigenvalue weighted by Gasteiger charge is 2.35. The molecular formula is C18H24BrClO. The van der Waals surface area contributed by atoms with Gasteiger partial charge in [0.25, 0.3) is 0 Å². The predicted molar refractivity (Wildman–Crippen MR) is 92.1 cm³/mol. The Morgan fingerprint density at radius 3 is 2.62 bits per heavy atom. The fourth-order valence-corrected chi connectivity index (χ4v) is 5.22. The van der Waals surface area contributed by atoms with E-state index in [1.54, 1.807) is 7.11 Å². The third-order valence-electron chi connectivity index (χ3n) is 5.49. The monoisotopic (exact) mass is 370 g/mol. The van der Waals surface area contributed by atoms with E-state index in [4.69, 9.17) is 16.3 Å². The zero-order valence-electron chi connectivity index (χ0n) is 12.7. The van der Waals surface area contributed by atoms with Crippen LogP contribution in [0.3, 0.4) is 0 Å². The average molecular weight is 372 g/mol. The Morgan fingerprint density at radius 2 is 1.90 bits per heavy atom. The summed E-state index contributed by atoms with van der Waals surface area (Å²) in [6.45, 7) is 0. The van der Waals surface area contributed by atoms with E-state index < -0.39 is 0 Å². The molecule has 1 nitrogen and oxygen atoms in total. The lowest BCUT2D eigenvalue weighted by atomic mass is 9.66. The smallest absolute Gasteiger partial charge is 0.133 e. The number of benzene rings is 1. The molecule has 0 bridgehead atoms. The summed E-state index contributed by atoms with van der Waals surface area (Å²) in [6.07, 6.45) is 9.75. The minimum atomic E-state index is 0.134. The molecular weight excluding hydrogens is 348 g/mol. The van der Waals surface area contributed by atoms with Crippen molar-refractivity contribution in [2.45, 2.75) is 50.3 Å². The van der Waals surface area contributed by atoms with Gasteiger partial charge in [-0.25, -0.2) is 0 Å². The molecule has 0 heterocycles. The molecule has 4 atom stereocenters. The van der Waals surface area contributed by atoms with Gasteiger partial charge in [0, 0.05) is 0 Å². The number of halogens is 2. The Balaban J connectivity index is 1.70. The highest BCUT2D eigenvalue weighted by Crippen LogP contribution is 2.48. The van der Waals surface area contributed by atoms with E-state index in [2.05, 4.69) is 28.1 Å².